The molecule has 1 aliphatic rings. The second kappa shape index (κ2) is 4.66. The number of nitrogens with one attached hydrogen (secondary N) is 1. The van der Waals surface area contributed by atoms with E-state index in [0.717, 1.165) is 31.5 Å². The van der Waals surface area contributed by atoms with Gasteiger partial charge in [-0.15, -0.1) is 0 Å². The first kappa shape index (κ1) is 11.1. The van der Waals surface area contributed by atoms with Crippen molar-refractivity contribution >= 4 is 5.97 Å². The number of benzene rings is 1. The van der Waals surface area contributed by atoms with E-state index in [1.807, 2.05) is 19.1 Å². The summed E-state index contributed by atoms with van der Waals surface area (Å²) in [5, 5.41) is 12.4. The minimum Gasteiger partial charge on any atom is -0.478 e. The second-order valence-corrected chi connectivity index (χ2v) is 4.40. The number of rotatable bonds is 2. The predicted octanol–water partition coefficient (Wildman–Crippen LogP) is 2.16. The van der Waals surface area contributed by atoms with Crippen LogP contribution in [-0.2, 0) is 0 Å². The van der Waals surface area contributed by atoms with E-state index in [1.165, 1.54) is 5.56 Å². The van der Waals surface area contributed by atoms with E-state index in [0.29, 0.717) is 11.5 Å². The van der Waals surface area contributed by atoms with Crippen molar-refractivity contribution in [1.82, 2.24) is 5.32 Å². The van der Waals surface area contributed by atoms with Crippen LogP contribution >= 0.6 is 0 Å². The van der Waals surface area contributed by atoms with Crippen molar-refractivity contribution in [3.05, 3.63) is 34.9 Å². The molecule has 0 unspecified atom stereocenters. The maximum Gasteiger partial charge on any atom is 0.335 e. The lowest BCUT2D eigenvalue weighted by molar-refractivity contribution is 0.0696. The molecule has 1 aliphatic heterocycles. The largest absolute Gasteiger partial charge is 0.478 e. The summed E-state index contributed by atoms with van der Waals surface area (Å²) in [7, 11) is 0. The number of carbonyl (C=O) groups is 1. The minimum absolute atomic E-state index is 0.441. The highest BCUT2D eigenvalue weighted by Crippen LogP contribution is 2.26. The van der Waals surface area contributed by atoms with Gasteiger partial charge in [-0.1, -0.05) is 12.1 Å². The van der Waals surface area contributed by atoms with Crippen LogP contribution in [-0.4, -0.2) is 24.2 Å². The molecule has 86 valence electrons. The van der Waals surface area contributed by atoms with Gasteiger partial charge in [-0.3, -0.25) is 0 Å². The Balaban J connectivity index is 2.27. The van der Waals surface area contributed by atoms with Crippen LogP contribution in [0.3, 0.4) is 0 Å². The van der Waals surface area contributed by atoms with Gasteiger partial charge in [0.05, 0.1) is 5.56 Å². The fourth-order valence-corrected chi connectivity index (χ4v) is 2.28. The molecule has 1 heterocycles. The van der Waals surface area contributed by atoms with E-state index in [2.05, 4.69) is 11.4 Å². The van der Waals surface area contributed by atoms with Gasteiger partial charge in [0.2, 0.25) is 0 Å². The molecule has 1 aromatic rings. The molecular weight excluding hydrogens is 202 g/mol. The van der Waals surface area contributed by atoms with E-state index < -0.39 is 5.97 Å². The summed E-state index contributed by atoms with van der Waals surface area (Å²) in [6.45, 7) is 3.90. The molecule has 2 N–H and O–H groups in total. The van der Waals surface area contributed by atoms with E-state index in [4.69, 9.17) is 5.11 Å². The average molecular weight is 219 g/mol. The van der Waals surface area contributed by atoms with Crippen LogP contribution in [0.1, 0.15) is 40.2 Å². The lowest BCUT2D eigenvalue weighted by Gasteiger charge is -2.23. The minimum atomic E-state index is -0.826. The number of carboxylic acid groups (broad SMARTS) is 1. The molecule has 0 radical (unpaired) electrons. The molecule has 2 rings (SSSR count). The van der Waals surface area contributed by atoms with Crippen LogP contribution in [0.15, 0.2) is 18.2 Å². The first-order valence-corrected chi connectivity index (χ1v) is 5.73. The molecule has 16 heavy (non-hydrogen) atoms. The molecule has 0 atom stereocenters. The molecule has 0 amide bonds. The highest BCUT2D eigenvalue weighted by molar-refractivity contribution is 5.89. The summed E-state index contributed by atoms with van der Waals surface area (Å²) in [5.41, 5.74) is 2.45. The van der Waals surface area contributed by atoms with Gasteiger partial charge in [0.15, 0.2) is 0 Å². The Morgan fingerprint density at radius 3 is 2.69 bits per heavy atom. The average Bonchev–Trinajstić information content (AvgIpc) is 2.30. The van der Waals surface area contributed by atoms with Crippen LogP contribution in [0.2, 0.25) is 0 Å². The van der Waals surface area contributed by atoms with Gasteiger partial charge in [-0.2, -0.15) is 0 Å². The van der Waals surface area contributed by atoms with Crippen molar-refractivity contribution in [2.45, 2.75) is 25.7 Å². The Labute approximate surface area is 95.5 Å². The lowest BCUT2D eigenvalue weighted by Crippen LogP contribution is -2.26. The Morgan fingerprint density at radius 1 is 1.38 bits per heavy atom. The summed E-state index contributed by atoms with van der Waals surface area (Å²) < 4.78 is 0. The topological polar surface area (TPSA) is 49.3 Å². The summed E-state index contributed by atoms with van der Waals surface area (Å²) >= 11 is 0. The molecule has 3 heteroatoms. The van der Waals surface area contributed by atoms with Crippen molar-refractivity contribution in [3.8, 4) is 0 Å². The zero-order valence-electron chi connectivity index (χ0n) is 9.49. The Hall–Kier alpha value is -1.35. The molecule has 0 aromatic heterocycles. The Morgan fingerprint density at radius 2 is 2.06 bits per heavy atom. The summed E-state index contributed by atoms with van der Waals surface area (Å²) in [6.07, 6.45) is 2.20. The Bertz CT molecular complexity index is 395. The first-order chi connectivity index (χ1) is 7.68. The first-order valence-electron chi connectivity index (χ1n) is 5.73. The zero-order valence-corrected chi connectivity index (χ0v) is 9.49. The maximum atomic E-state index is 11.0. The van der Waals surface area contributed by atoms with Gasteiger partial charge < -0.3 is 10.4 Å². The van der Waals surface area contributed by atoms with Crippen molar-refractivity contribution < 1.29 is 9.90 Å². The predicted molar refractivity (Wildman–Crippen MR) is 63.0 cm³/mol. The van der Waals surface area contributed by atoms with Crippen molar-refractivity contribution in [3.63, 3.8) is 0 Å². The molecule has 1 aromatic carbocycles. The third-order valence-electron chi connectivity index (χ3n) is 3.30. The van der Waals surface area contributed by atoms with Gasteiger partial charge in [-0.05, 0) is 56.0 Å². The zero-order chi connectivity index (χ0) is 11.5. The molecule has 0 spiro atoms. The lowest BCUT2D eigenvalue weighted by atomic mass is 9.88. The van der Waals surface area contributed by atoms with Crippen LogP contribution in [0.25, 0.3) is 0 Å². The molecule has 3 nitrogen and oxygen atoms in total. The van der Waals surface area contributed by atoms with E-state index in [-0.39, 0.29) is 0 Å². The number of aryl methyl sites for hydroxylation is 1. The summed E-state index contributed by atoms with van der Waals surface area (Å²) in [5.74, 6) is -0.312. The third kappa shape index (κ3) is 2.25. The SMILES string of the molecule is Cc1ccc(C2CCNCC2)cc1C(=O)O. The fraction of sp³-hybridized carbons (Fsp3) is 0.462. The third-order valence-corrected chi connectivity index (χ3v) is 3.30. The van der Waals surface area contributed by atoms with Gasteiger partial charge in [0.25, 0.3) is 0 Å². The maximum absolute atomic E-state index is 11.0. The van der Waals surface area contributed by atoms with Crippen molar-refractivity contribution in [2.24, 2.45) is 0 Å². The highest BCUT2D eigenvalue weighted by atomic mass is 16.4. The standard InChI is InChI=1S/C13H17NO2/c1-9-2-3-11(8-12(9)13(15)16)10-4-6-14-7-5-10/h2-3,8,10,14H,4-7H2,1H3,(H,15,16). The molecule has 0 bridgehead atoms. The molecule has 0 saturated carbocycles. The smallest absolute Gasteiger partial charge is 0.335 e. The molecule has 1 fully saturated rings. The van der Waals surface area contributed by atoms with Crippen LogP contribution in [0, 0.1) is 6.92 Å². The van der Waals surface area contributed by atoms with Crippen LogP contribution < -0.4 is 5.32 Å². The quantitative estimate of drug-likeness (QED) is 0.801. The fourth-order valence-electron chi connectivity index (χ4n) is 2.28. The number of hydrogen-bond donors (Lipinski definition) is 2. The van der Waals surface area contributed by atoms with E-state index in [9.17, 15) is 4.79 Å². The van der Waals surface area contributed by atoms with Gasteiger partial charge in [0, 0.05) is 0 Å². The molecule has 1 saturated heterocycles. The molecular formula is C13H17NO2. The van der Waals surface area contributed by atoms with E-state index >= 15 is 0 Å². The van der Waals surface area contributed by atoms with Gasteiger partial charge >= 0.3 is 5.97 Å². The van der Waals surface area contributed by atoms with Crippen LogP contribution in [0.4, 0.5) is 0 Å². The number of aromatic carboxylic acids is 1. The summed E-state index contributed by atoms with van der Waals surface area (Å²) in [4.78, 5) is 11.0. The van der Waals surface area contributed by atoms with Gasteiger partial charge in [-0.25, -0.2) is 4.79 Å². The van der Waals surface area contributed by atoms with Crippen molar-refractivity contribution in [1.29, 1.82) is 0 Å². The van der Waals surface area contributed by atoms with Gasteiger partial charge in [0.1, 0.15) is 0 Å². The van der Waals surface area contributed by atoms with Crippen LogP contribution in [0.5, 0.6) is 0 Å². The number of piperidine rings is 1. The van der Waals surface area contributed by atoms with Crippen molar-refractivity contribution in [2.75, 3.05) is 13.1 Å². The number of hydrogen-bond acceptors (Lipinski definition) is 2. The normalized spacial score (nSPS) is 17.3. The highest BCUT2D eigenvalue weighted by Gasteiger charge is 2.17. The van der Waals surface area contributed by atoms with E-state index in [1.54, 1.807) is 0 Å². The monoisotopic (exact) mass is 219 g/mol. The Kier molecular flexibility index (Phi) is 3.25. The molecule has 0 aliphatic carbocycles. The number of carboxylic acids is 1. The second-order valence-electron chi connectivity index (χ2n) is 4.40. The summed E-state index contributed by atoms with van der Waals surface area (Å²) in [6, 6.07) is 5.83.